The molecule has 2 heterocycles. The van der Waals surface area contributed by atoms with E-state index in [4.69, 9.17) is 14.3 Å². The number of amides is 2. The van der Waals surface area contributed by atoms with Crippen LogP contribution >= 0.6 is 0 Å². The molecule has 2 amide bonds. The van der Waals surface area contributed by atoms with E-state index in [1.54, 1.807) is 53.6 Å². The molecule has 0 N–H and O–H groups in total. The van der Waals surface area contributed by atoms with Gasteiger partial charge in [0.25, 0.3) is 5.91 Å². The molecule has 0 saturated carbocycles. The predicted molar refractivity (Wildman–Crippen MR) is 161 cm³/mol. The van der Waals surface area contributed by atoms with Crippen molar-refractivity contribution >= 4 is 39.9 Å². The van der Waals surface area contributed by atoms with E-state index in [1.807, 2.05) is 72.8 Å². The Balaban J connectivity index is 1.28. The zero-order chi connectivity index (χ0) is 29.5. The maximum absolute atomic E-state index is 14.2. The number of carbonyl (C=O) groups excluding carboxylic acids is 3. The second kappa shape index (κ2) is 10.7. The number of imide groups is 1. The van der Waals surface area contributed by atoms with Gasteiger partial charge in [-0.05, 0) is 53.4 Å². The first-order valence-corrected chi connectivity index (χ1v) is 13.9. The number of methoxy groups -OCH3 is 1. The van der Waals surface area contributed by atoms with E-state index < -0.39 is 29.9 Å². The molecule has 5 aromatic rings. The fourth-order valence-corrected chi connectivity index (χ4v) is 5.88. The van der Waals surface area contributed by atoms with Crippen molar-refractivity contribution in [1.29, 1.82) is 0 Å². The monoisotopic (exact) mass is 570 g/mol. The standard InChI is InChI=1S/C35H26N2O6/c1-41-29-21-24(19-20-28(29)42-35(40)23-12-4-2-5-13-23)31-30-32(43-37(31)25-15-6-3-7-16-25)34(39)36(33(30)38)27-18-10-14-22-11-8-9-17-26(22)27/h2-21,30-32H,1H3/t30-,31+,32-/m0/s1. The van der Waals surface area contributed by atoms with Crippen LogP contribution in [0.5, 0.6) is 11.5 Å². The number of nitrogens with zero attached hydrogens (tertiary/aromatic N) is 2. The van der Waals surface area contributed by atoms with Gasteiger partial charge in [0.05, 0.1) is 30.1 Å². The van der Waals surface area contributed by atoms with Crippen LogP contribution in [0, 0.1) is 5.92 Å². The van der Waals surface area contributed by atoms with Crippen LogP contribution < -0.4 is 19.4 Å². The highest BCUT2D eigenvalue weighted by atomic mass is 16.7. The van der Waals surface area contributed by atoms with Gasteiger partial charge in [0.1, 0.15) is 5.92 Å². The van der Waals surface area contributed by atoms with Gasteiger partial charge in [-0.25, -0.2) is 14.8 Å². The van der Waals surface area contributed by atoms with Crippen LogP contribution in [0.2, 0.25) is 0 Å². The summed E-state index contributed by atoms with van der Waals surface area (Å²) in [5, 5.41) is 3.34. The van der Waals surface area contributed by atoms with Crippen molar-refractivity contribution in [2.45, 2.75) is 12.1 Å². The maximum atomic E-state index is 14.2. The fraction of sp³-hybridized carbons (Fsp3) is 0.114. The average molecular weight is 571 g/mol. The lowest BCUT2D eigenvalue weighted by atomic mass is 9.90. The number of ether oxygens (including phenoxy) is 2. The van der Waals surface area contributed by atoms with Gasteiger partial charge >= 0.3 is 5.97 Å². The summed E-state index contributed by atoms with van der Waals surface area (Å²) in [5.74, 6) is -1.60. The fourth-order valence-electron chi connectivity index (χ4n) is 5.88. The Bertz CT molecular complexity index is 1850. The SMILES string of the molecule is COc1cc([C@@H]2[C@@H]3C(=O)N(c4cccc5ccccc45)C(=O)[C@H]3ON2c2ccccc2)ccc1OC(=O)c1ccccc1. The number of hydrogen-bond donors (Lipinski definition) is 0. The lowest BCUT2D eigenvalue weighted by Crippen LogP contribution is -2.37. The molecule has 0 bridgehead atoms. The van der Waals surface area contributed by atoms with Gasteiger partial charge in [-0.2, -0.15) is 0 Å². The number of fused-ring (bicyclic) bond motifs is 2. The van der Waals surface area contributed by atoms with E-state index in [0.717, 1.165) is 10.8 Å². The lowest BCUT2D eigenvalue weighted by molar-refractivity contribution is -0.126. The number of esters is 1. The quantitative estimate of drug-likeness (QED) is 0.138. The molecule has 0 aliphatic carbocycles. The Morgan fingerprint density at radius 3 is 2.21 bits per heavy atom. The highest BCUT2D eigenvalue weighted by molar-refractivity contribution is 6.26. The smallest absolute Gasteiger partial charge is 0.343 e. The molecule has 2 saturated heterocycles. The third-order valence-corrected chi connectivity index (χ3v) is 7.87. The molecule has 0 radical (unpaired) electrons. The van der Waals surface area contributed by atoms with E-state index >= 15 is 0 Å². The van der Waals surface area contributed by atoms with Gasteiger partial charge in [-0.15, -0.1) is 0 Å². The molecular weight excluding hydrogens is 544 g/mol. The summed E-state index contributed by atoms with van der Waals surface area (Å²) in [7, 11) is 1.48. The first kappa shape index (κ1) is 26.4. The van der Waals surface area contributed by atoms with Gasteiger partial charge in [-0.1, -0.05) is 78.9 Å². The molecule has 2 aliphatic rings. The Labute approximate surface area is 247 Å². The normalized spacial score (nSPS) is 19.5. The molecule has 0 aromatic heterocycles. The van der Waals surface area contributed by atoms with E-state index in [0.29, 0.717) is 28.3 Å². The van der Waals surface area contributed by atoms with Crippen LogP contribution in [0.25, 0.3) is 10.8 Å². The van der Waals surface area contributed by atoms with Gasteiger partial charge in [0.2, 0.25) is 5.91 Å². The molecule has 3 atom stereocenters. The molecule has 7 rings (SSSR count). The van der Waals surface area contributed by atoms with Crippen molar-refractivity contribution in [2.24, 2.45) is 5.92 Å². The zero-order valence-electron chi connectivity index (χ0n) is 23.1. The molecule has 212 valence electrons. The molecule has 8 heteroatoms. The maximum Gasteiger partial charge on any atom is 0.343 e. The lowest BCUT2D eigenvalue weighted by Gasteiger charge is -2.29. The van der Waals surface area contributed by atoms with Crippen molar-refractivity contribution in [2.75, 3.05) is 17.1 Å². The third-order valence-electron chi connectivity index (χ3n) is 7.87. The largest absolute Gasteiger partial charge is 0.493 e. The molecule has 0 spiro atoms. The molecule has 5 aromatic carbocycles. The molecule has 2 aliphatic heterocycles. The van der Waals surface area contributed by atoms with Gasteiger partial charge < -0.3 is 9.47 Å². The summed E-state index contributed by atoms with van der Waals surface area (Å²) in [6.45, 7) is 0. The van der Waals surface area contributed by atoms with Gasteiger partial charge in [0, 0.05) is 5.39 Å². The van der Waals surface area contributed by atoms with Crippen LogP contribution in [0.15, 0.2) is 121 Å². The van der Waals surface area contributed by atoms with Gasteiger partial charge in [0.15, 0.2) is 17.6 Å². The molecule has 2 fully saturated rings. The first-order chi connectivity index (χ1) is 21.0. The van der Waals surface area contributed by atoms with Crippen LogP contribution in [0.1, 0.15) is 22.0 Å². The Morgan fingerprint density at radius 1 is 0.744 bits per heavy atom. The molecule has 8 nitrogen and oxygen atoms in total. The average Bonchev–Trinajstić information content (AvgIpc) is 3.57. The summed E-state index contributed by atoms with van der Waals surface area (Å²) in [5.41, 5.74) is 2.28. The second-order valence-electron chi connectivity index (χ2n) is 10.3. The number of anilines is 2. The summed E-state index contributed by atoms with van der Waals surface area (Å²) in [6, 6.07) is 35.6. The summed E-state index contributed by atoms with van der Waals surface area (Å²) in [6.07, 6.45) is -1.03. The number of benzene rings is 5. The highest BCUT2D eigenvalue weighted by Crippen LogP contribution is 2.49. The van der Waals surface area contributed by atoms with Crippen LogP contribution in [-0.4, -0.2) is 31.0 Å². The highest BCUT2D eigenvalue weighted by Gasteiger charge is 2.60. The van der Waals surface area contributed by atoms with Crippen LogP contribution in [0.4, 0.5) is 11.4 Å². The van der Waals surface area contributed by atoms with Crippen LogP contribution in [-0.2, 0) is 14.4 Å². The van der Waals surface area contributed by atoms with Crippen molar-refractivity contribution < 1.29 is 28.7 Å². The minimum Gasteiger partial charge on any atom is -0.493 e. The number of hydroxylamine groups is 1. The Hall–Kier alpha value is -5.47. The van der Waals surface area contributed by atoms with E-state index in [2.05, 4.69) is 0 Å². The second-order valence-corrected chi connectivity index (χ2v) is 10.3. The summed E-state index contributed by atoms with van der Waals surface area (Å²) >= 11 is 0. The number of carbonyl (C=O) groups is 3. The molecule has 0 unspecified atom stereocenters. The third kappa shape index (κ3) is 4.49. The number of rotatable bonds is 6. The predicted octanol–water partition coefficient (Wildman–Crippen LogP) is 6.12. The van der Waals surface area contributed by atoms with Gasteiger partial charge in [-0.3, -0.25) is 14.4 Å². The summed E-state index contributed by atoms with van der Waals surface area (Å²) < 4.78 is 11.3. The molecule has 43 heavy (non-hydrogen) atoms. The minimum absolute atomic E-state index is 0.230. The number of para-hydroxylation sites is 1. The van der Waals surface area contributed by atoms with E-state index in [-0.39, 0.29) is 11.7 Å². The first-order valence-electron chi connectivity index (χ1n) is 13.9. The topological polar surface area (TPSA) is 85.4 Å². The Morgan fingerprint density at radius 2 is 1.44 bits per heavy atom. The van der Waals surface area contributed by atoms with Crippen molar-refractivity contribution in [3.05, 3.63) is 132 Å². The zero-order valence-corrected chi connectivity index (χ0v) is 23.1. The number of hydrogen-bond acceptors (Lipinski definition) is 7. The van der Waals surface area contributed by atoms with E-state index in [9.17, 15) is 14.4 Å². The minimum atomic E-state index is -1.03. The Kier molecular flexibility index (Phi) is 6.60. The summed E-state index contributed by atoms with van der Waals surface area (Å²) in [4.78, 5) is 48.4. The molecular formula is C35H26N2O6. The van der Waals surface area contributed by atoms with Crippen molar-refractivity contribution in [1.82, 2.24) is 0 Å². The van der Waals surface area contributed by atoms with Crippen LogP contribution in [0.3, 0.4) is 0 Å². The van der Waals surface area contributed by atoms with E-state index in [1.165, 1.54) is 12.0 Å². The van der Waals surface area contributed by atoms with Crippen molar-refractivity contribution in [3.8, 4) is 11.5 Å². The van der Waals surface area contributed by atoms with Crippen molar-refractivity contribution in [3.63, 3.8) is 0 Å².